The summed E-state index contributed by atoms with van der Waals surface area (Å²) in [6.45, 7) is 4.25. The van der Waals surface area contributed by atoms with Gasteiger partial charge in [0, 0.05) is 17.3 Å². The van der Waals surface area contributed by atoms with Gasteiger partial charge in [-0.3, -0.25) is 4.79 Å². The van der Waals surface area contributed by atoms with Crippen LogP contribution in [0.25, 0.3) is 22.2 Å². The van der Waals surface area contributed by atoms with Crippen LogP contribution in [0.2, 0.25) is 0 Å². The molecule has 0 radical (unpaired) electrons. The van der Waals surface area contributed by atoms with Crippen LogP contribution in [0.3, 0.4) is 0 Å². The van der Waals surface area contributed by atoms with Gasteiger partial charge >= 0.3 is 0 Å². The number of hydrogen-bond acceptors (Lipinski definition) is 2. The minimum Gasteiger partial charge on any atom is -0.307 e. The SMILES string of the molecule is CC(C)Cc1cc(=O)[nH]c(-c2ccc3ccccc3c2)n1. The van der Waals surface area contributed by atoms with E-state index in [1.54, 1.807) is 6.07 Å². The molecule has 106 valence electrons. The molecule has 0 fully saturated rings. The molecule has 1 aromatic heterocycles. The molecule has 2 aromatic carbocycles. The number of nitrogens with zero attached hydrogens (tertiary/aromatic N) is 1. The van der Waals surface area contributed by atoms with Crippen molar-refractivity contribution in [2.75, 3.05) is 0 Å². The highest BCUT2D eigenvalue weighted by Gasteiger charge is 2.06. The standard InChI is InChI=1S/C18H18N2O/c1-12(2)9-16-11-17(21)20-18(19-16)15-8-7-13-5-3-4-6-14(13)10-15/h3-8,10-12H,9H2,1-2H3,(H,19,20,21). The van der Waals surface area contributed by atoms with Crippen molar-refractivity contribution in [1.29, 1.82) is 0 Å². The second-order valence-electron chi connectivity index (χ2n) is 5.75. The molecule has 3 aromatic rings. The van der Waals surface area contributed by atoms with E-state index in [1.807, 2.05) is 18.2 Å². The van der Waals surface area contributed by atoms with E-state index in [2.05, 4.69) is 48.1 Å². The summed E-state index contributed by atoms with van der Waals surface area (Å²) in [4.78, 5) is 19.3. The van der Waals surface area contributed by atoms with Crippen molar-refractivity contribution < 1.29 is 0 Å². The first kappa shape index (κ1) is 13.6. The Bertz CT molecular complexity index is 834. The molecule has 0 aliphatic rings. The molecule has 1 heterocycles. The highest BCUT2D eigenvalue weighted by atomic mass is 16.1. The van der Waals surface area contributed by atoms with Crippen molar-refractivity contribution in [3.63, 3.8) is 0 Å². The quantitative estimate of drug-likeness (QED) is 0.792. The van der Waals surface area contributed by atoms with Gasteiger partial charge in [0.2, 0.25) is 0 Å². The summed E-state index contributed by atoms with van der Waals surface area (Å²) < 4.78 is 0. The number of benzene rings is 2. The minimum atomic E-state index is -0.0937. The summed E-state index contributed by atoms with van der Waals surface area (Å²) >= 11 is 0. The molecule has 1 N–H and O–H groups in total. The third-order valence-electron chi connectivity index (χ3n) is 3.44. The molecule has 0 bridgehead atoms. The average molecular weight is 278 g/mol. The predicted octanol–water partition coefficient (Wildman–Crippen LogP) is 3.79. The first-order valence-electron chi connectivity index (χ1n) is 7.21. The molecular formula is C18H18N2O. The van der Waals surface area contributed by atoms with Gasteiger partial charge in [-0.1, -0.05) is 50.2 Å². The van der Waals surface area contributed by atoms with Crippen LogP contribution in [0.15, 0.2) is 53.3 Å². The Kier molecular flexibility index (Phi) is 3.57. The highest BCUT2D eigenvalue weighted by molar-refractivity contribution is 5.86. The van der Waals surface area contributed by atoms with Gasteiger partial charge in [0.1, 0.15) is 5.82 Å². The van der Waals surface area contributed by atoms with Crippen molar-refractivity contribution in [2.24, 2.45) is 5.92 Å². The van der Waals surface area contributed by atoms with Crippen LogP contribution >= 0.6 is 0 Å². The summed E-state index contributed by atoms with van der Waals surface area (Å²) in [5.74, 6) is 1.12. The zero-order valence-corrected chi connectivity index (χ0v) is 12.3. The maximum atomic E-state index is 11.8. The van der Waals surface area contributed by atoms with Crippen molar-refractivity contribution in [1.82, 2.24) is 9.97 Å². The maximum Gasteiger partial charge on any atom is 0.251 e. The Labute approximate surface area is 123 Å². The van der Waals surface area contributed by atoms with Gasteiger partial charge in [-0.15, -0.1) is 0 Å². The van der Waals surface area contributed by atoms with E-state index >= 15 is 0 Å². The predicted molar refractivity (Wildman–Crippen MR) is 86.3 cm³/mol. The molecule has 0 amide bonds. The highest BCUT2D eigenvalue weighted by Crippen LogP contribution is 2.21. The lowest BCUT2D eigenvalue weighted by Crippen LogP contribution is -2.11. The van der Waals surface area contributed by atoms with Gasteiger partial charge in [-0.05, 0) is 29.2 Å². The Morgan fingerprint density at radius 2 is 1.81 bits per heavy atom. The minimum absolute atomic E-state index is 0.0937. The summed E-state index contributed by atoms with van der Waals surface area (Å²) in [5, 5.41) is 2.33. The lowest BCUT2D eigenvalue weighted by molar-refractivity contribution is 0.634. The van der Waals surface area contributed by atoms with E-state index < -0.39 is 0 Å². The van der Waals surface area contributed by atoms with Crippen LogP contribution in [0, 0.1) is 5.92 Å². The third-order valence-corrected chi connectivity index (χ3v) is 3.44. The van der Waals surface area contributed by atoms with Gasteiger partial charge in [0.25, 0.3) is 5.56 Å². The zero-order valence-electron chi connectivity index (χ0n) is 12.3. The Morgan fingerprint density at radius 1 is 1.05 bits per heavy atom. The van der Waals surface area contributed by atoms with Gasteiger partial charge in [0.15, 0.2) is 0 Å². The normalized spacial score (nSPS) is 11.2. The number of fused-ring (bicyclic) bond motifs is 1. The van der Waals surface area contributed by atoms with E-state index in [4.69, 9.17) is 0 Å². The fraction of sp³-hybridized carbons (Fsp3) is 0.222. The number of aromatic nitrogens is 2. The van der Waals surface area contributed by atoms with E-state index in [0.717, 1.165) is 23.1 Å². The van der Waals surface area contributed by atoms with E-state index in [-0.39, 0.29) is 5.56 Å². The van der Waals surface area contributed by atoms with Crippen molar-refractivity contribution in [2.45, 2.75) is 20.3 Å². The lowest BCUT2D eigenvalue weighted by Gasteiger charge is -2.07. The molecule has 21 heavy (non-hydrogen) atoms. The largest absolute Gasteiger partial charge is 0.307 e. The van der Waals surface area contributed by atoms with E-state index in [9.17, 15) is 4.79 Å². The number of rotatable bonds is 3. The summed E-state index contributed by atoms with van der Waals surface area (Å²) in [6.07, 6.45) is 0.810. The molecule has 3 rings (SSSR count). The van der Waals surface area contributed by atoms with E-state index in [1.165, 1.54) is 5.39 Å². The molecule has 0 saturated carbocycles. The molecular weight excluding hydrogens is 260 g/mol. The zero-order chi connectivity index (χ0) is 14.8. The lowest BCUT2D eigenvalue weighted by atomic mass is 10.1. The number of H-pyrrole nitrogens is 1. The Morgan fingerprint density at radius 3 is 2.57 bits per heavy atom. The summed E-state index contributed by atoms with van der Waals surface area (Å²) in [5.41, 5.74) is 1.69. The molecule has 0 unspecified atom stereocenters. The summed E-state index contributed by atoms with van der Waals surface area (Å²) in [6, 6.07) is 15.9. The molecule has 0 atom stereocenters. The van der Waals surface area contributed by atoms with Gasteiger partial charge in [-0.25, -0.2) is 4.98 Å². The number of hydrogen-bond donors (Lipinski definition) is 1. The Balaban J connectivity index is 2.09. The maximum absolute atomic E-state index is 11.8. The van der Waals surface area contributed by atoms with Gasteiger partial charge in [0.05, 0.1) is 0 Å². The molecule has 0 aliphatic carbocycles. The van der Waals surface area contributed by atoms with Crippen LogP contribution in [-0.4, -0.2) is 9.97 Å². The van der Waals surface area contributed by atoms with Crippen molar-refractivity contribution in [3.8, 4) is 11.4 Å². The fourth-order valence-electron chi connectivity index (χ4n) is 2.50. The third kappa shape index (κ3) is 3.02. The van der Waals surface area contributed by atoms with Crippen LogP contribution in [-0.2, 0) is 6.42 Å². The van der Waals surface area contributed by atoms with Crippen molar-refractivity contribution >= 4 is 10.8 Å². The number of aromatic amines is 1. The topological polar surface area (TPSA) is 45.8 Å². The van der Waals surface area contributed by atoms with Crippen molar-refractivity contribution in [3.05, 3.63) is 64.6 Å². The monoisotopic (exact) mass is 278 g/mol. The first-order valence-corrected chi connectivity index (χ1v) is 7.21. The second-order valence-corrected chi connectivity index (χ2v) is 5.75. The number of nitrogens with one attached hydrogen (secondary N) is 1. The first-order chi connectivity index (χ1) is 10.1. The van der Waals surface area contributed by atoms with Crippen LogP contribution in [0.5, 0.6) is 0 Å². The van der Waals surface area contributed by atoms with Gasteiger partial charge in [-0.2, -0.15) is 0 Å². The molecule has 0 saturated heterocycles. The second kappa shape index (κ2) is 5.52. The fourth-order valence-corrected chi connectivity index (χ4v) is 2.50. The summed E-state index contributed by atoms with van der Waals surface area (Å²) in [7, 11) is 0. The molecule has 0 aliphatic heterocycles. The smallest absolute Gasteiger partial charge is 0.251 e. The van der Waals surface area contributed by atoms with Gasteiger partial charge < -0.3 is 4.98 Å². The van der Waals surface area contributed by atoms with Crippen LogP contribution in [0.1, 0.15) is 19.5 Å². The Hall–Kier alpha value is -2.42. The molecule has 0 spiro atoms. The molecule has 3 heteroatoms. The van der Waals surface area contributed by atoms with Crippen LogP contribution < -0.4 is 5.56 Å². The van der Waals surface area contributed by atoms with E-state index in [0.29, 0.717) is 11.7 Å². The molecule has 3 nitrogen and oxygen atoms in total. The average Bonchev–Trinajstić information content (AvgIpc) is 2.45. The van der Waals surface area contributed by atoms with Crippen LogP contribution in [0.4, 0.5) is 0 Å².